The monoisotopic (exact) mass is 294 g/mol. The number of carbonyl (C=O) groups is 2. The molecule has 0 radical (unpaired) electrons. The summed E-state index contributed by atoms with van der Waals surface area (Å²) < 4.78 is 6.29. The second kappa shape index (κ2) is 8.18. The number of carbonyl (C=O) groups excluding carboxylic acids is 2. The van der Waals surface area contributed by atoms with Crippen LogP contribution in [0, 0.1) is 6.92 Å². The molecule has 0 aromatic carbocycles. The summed E-state index contributed by atoms with van der Waals surface area (Å²) in [6.07, 6.45) is 3.22. The van der Waals surface area contributed by atoms with Crippen LogP contribution in [0.1, 0.15) is 42.9 Å². The summed E-state index contributed by atoms with van der Waals surface area (Å²) in [5.41, 5.74) is 0.621. The van der Waals surface area contributed by atoms with Crippen molar-refractivity contribution in [3.63, 3.8) is 0 Å². The van der Waals surface area contributed by atoms with Gasteiger partial charge in [0, 0.05) is 6.04 Å². The number of aromatic nitrogens is 3. The van der Waals surface area contributed by atoms with Gasteiger partial charge in [0.1, 0.15) is 13.2 Å². The second-order valence-corrected chi connectivity index (χ2v) is 4.65. The fourth-order valence-electron chi connectivity index (χ4n) is 1.80. The summed E-state index contributed by atoms with van der Waals surface area (Å²) in [6.45, 7) is 9.32. The Kier molecular flexibility index (Phi) is 6.58. The maximum absolute atomic E-state index is 11.9. The van der Waals surface area contributed by atoms with Crippen molar-refractivity contribution in [1.82, 2.24) is 20.3 Å². The Bertz CT molecular complexity index is 506. The molecule has 0 aliphatic rings. The number of esters is 1. The fourth-order valence-corrected chi connectivity index (χ4v) is 1.80. The third-order valence-corrected chi connectivity index (χ3v) is 3.15. The van der Waals surface area contributed by atoms with Crippen molar-refractivity contribution in [2.75, 3.05) is 6.61 Å². The molecule has 1 heterocycles. The lowest BCUT2D eigenvalue weighted by Gasteiger charge is -2.14. The number of nitrogens with zero attached hydrogens (tertiary/aromatic N) is 3. The largest absolute Gasteiger partial charge is 0.457 e. The Morgan fingerprint density at radius 1 is 1.43 bits per heavy atom. The van der Waals surface area contributed by atoms with Gasteiger partial charge in [-0.05, 0) is 19.8 Å². The molecule has 21 heavy (non-hydrogen) atoms. The maximum Gasteiger partial charge on any atom is 0.361 e. The molecule has 7 nitrogen and oxygen atoms in total. The molecule has 1 aromatic rings. The first-order valence-electron chi connectivity index (χ1n) is 7.00. The van der Waals surface area contributed by atoms with Gasteiger partial charge in [0.2, 0.25) is 5.91 Å². The molecule has 116 valence electrons. The Morgan fingerprint density at radius 2 is 2.10 bits per heavy atom. The van der Waals surface area contributed by atoms with Gasteiger partial charge < -0.3 is 10.1 Å². The predicted molar refractivity (Wildman–Crippen MR) is 77.8 cm³/mol. The second-order valence-electron chi connectivity index (χ2n) is 4.65. The first kappa shape index (κ1) is 16.9. The number of hydrogen-bond acceptors (Lipinski definition) is 5. The number of amides is 1. The van der Waals surface area contributed by atoms with E-state index in [-0.39, 0.29) is 30.8 Å². The Morgan fingerprint density at radius 3 is 2.67 bits per heavy atom. The van der Waals surface area contributed by atoms with Gasteiger partial charge in [0.05, 0.1) is 5.69 Å². The van der Waals surface area contributed by atoms with Gasteiger partial charge in [-0.25, -0.2) is 9.48 Å². The number of hydrogen-bond donors (Lipinski definition) is 1. The topological polar surface area (TPSA) is 86.1 Å². The average Bonchev–Trinajstić information content (AvgIpc) is 2.83. The standard InChI is InChI=1S/C14H22N4O3/c1-5-8-21-14(20)13-10(4)18(17-16-13)9-12(19)15-11(6-2)7-3/h5,11H,1,6-9H2,2-4H3,(H,15,19). The van der Waals surface area contributed by atoms with Crippen LogP contribution in [-0.4, -0.2) is 39.5 Å². The van der Waals surface area contributed by atoms with Crippen LogP contribution < -0.4 is 5.32 Å². The summed E-state index contributed by atoms with van der Waals surface area (Å²) in [4.78, 5) is 23.6. The normalized spacial score (nSPS) is 10.5. The Balaban J connectivity index is 2.69. The zero-order chi connectivity index (χ0) is 15.8. The van der Waals surface area contributed by atoms with E-state index in [1.807, 2.05) is 13.8 Å². The van der Waals surface area contributed by atoms with E-state index < -0.39 is 5.97 Å². The van der Waals surface area contributed by atoms with Crippen molar-refractivity contribution in [3.05, 3.63) is 24.0 Å². The summed E-state index contributed by atoms with van der Waals surface area (Å²) in [5, 5.41) is 10.5. The van der Waals surface area contributed by atoms with Gasteiger partial charge in [0.25, 0.3) is 0 Å². The molecule has 0 saturated heterocycles. The quantitative estimate of drug-likeness (QED) is 0.576. The smallest absolute Gasteiger partial charge is 0.361 e. The van der Waals surface area contributed by atoms with Crippen LogP contribution in [0.25, 0.3) is 0 Å². The lowest BCUT2D eigenvalue weighted by atomic mass is 10.2. The highest BCUT2D eigenvalue weighted by Gasteiger charge is 2.19. The van der Waals surface area contributed by atoms with Gasteiger partial charge in [0.15, 0.2) is 5.69 Å². The first-order chi connectivity index (χ1) is 10.0. The van der Waals surface area contributed by atoms with E-state index in [0.717, 1.165) is 12.8 Å². The maximum atomic E-state index is 11.9. The van der Waals surface area contributed by atoms with Crippen molar-refractivity contribution in [1.29, 1.82) is 0 Å². The zero-order valence-electron chi connectivity index (χ0n) is 12.8. The highest BCUT2D eigenvalue weighted by atomic mass is 16.5. The van der Waals surface area contributed by atoms with Crippen LogP contribution in [0.2, 0.25) is 0 Å². The highest BCUT2D eigenvalue weighted by Crippen LogP contribution is 2.06. The van der Waals surface area contributed by atoms with Crippen molar-refractivity contribution >= 4 is 11.9 Å². The van der Waals surface area contributed by atoms with E-state index in [0.29, 0.717) is 5.69 Å². The van der Waals surface area contributed by atoms with Gasteiger partial charge in [-0.2, -0.15) is 0 Å². The third-order valence-electron chi connectivity index (χ3n) is 3.15. The van der Waals surface area contributed by atoms with Gasteiger partial charge in [-0.1, -0.05) is 31.7 Å². The van der Waals surface area contributed by atoms with Crippen LogP contribution in [0.5, 0.6) is 0 Å². The average molecular weight is 294 g/mol. The summed E-state index contributed by atoms with van der Waals surface area (Å²) >= 11 is 0. The number of rotatable bonds is 8. The van der Waals surface area contributed by atoms with E-state index in [1.54, 1.807) is 6.92 Å². The van der Waals surface area contributed by atoms with Gasteiger partial charge in [-0.15, -0.1) is 5.10 Å². The minimum atomic E-state index is -0.570. The molecule has 0 saturated carbocycles. The van der Waals surface area contributed by atoms with Crippen molar-refractivity contribution < 1.29 is 14.3 Å². The summed E-state index contributed by atoms with van der Waals surface area (Å²) in [5.74, 6) is -0.721. The van der Waals surface area contributed by atoms with Crippen LogP contribution in [0.4, 0.5) is 0 Å². The minimum Gasteiger partial charge on any atom is -0.457 e. The zero-order valence-corrected chi connectivity index (χ0v) is 12.8. The van der Waals surface area contributed by atoms with Crippen LogP contribution in [-0.2, 0) is 16.1 Å². The lowest BCUT2D eigenvalue weighted by Crippen LogP contribution is -2.36. The molecule has 0 aliphatic carbocycles. The summed E-state index contributed by atoms with van der Waals surface area (Å²) in [7, 11) is 0. The van der Waals surface area contributed by atoms with Gasteiger partial charge in [-0.3, -0.25) is 4.79 Å². The lowest BCUT2D eigenvalue weighted by molar-refractivity contribution is -0.122. The molecule has 1 N–H and O–H groups in total. The minimum absolute atomic E-state index is 0.0318. The van der Waals surface area contributed by atoms with Crippen LogP contribution in [0.3, 0.4) is 0 Å². The molecule has 0 atom stereocenters. The Labute approximate surface area is 124 Å². The van der Waals surface area contributed by atoms with E-state index in [1.165, 1.54) is 10.8 Å². The van der Waals surface area contributed by atoms with Crippen LogP contribution in [0.15, 0.2) is 12.7 Å². The number of ether oxygens (including phenoxy) is 1. The van der Waals surface area contributed by atoms with E-state index in [4.69, 9.17) is 4.74 Å². The predicted octanol–water partition coefficient (Wildman–Crippen LogP) is 1.23. The molecule has 1 aromatic heterocycles. The van der Waals surface area contributed by atoms with Crippen molar-refractivity contribution in [2.24, 2.45) is 0 Å². The van der Waals surface area contributed by atoms with Gasteiger partial charge >= 0.3 is 5.97 Å². The molecule has 1 rings (SSSR count). The number of nitrogens with one attached hydrogen (secondary N) is 1. The van der Waals surface area contributed by atoms with E-state index >= 15 is 0 Å². The molecule has 0 aliphatic heterocycles. The fraction of sp³-hybridized carbons (Fsp3) is 0.571. The molecule has 7 heteroatoms. The first-order valence-corrected chi connectivity index (χ1v) is 7.00. The van der Waals surface area contributed by atoms with Crippen LogP contribution >= 0.6 is 0 Å². The SMILES string of the molecule is C=CCOC(=O)c1nnn(CC(=O)NC(CC)CC)c1C. The highest BCUT2D eigenvalue weighted by molar-refractivity contribution is 5.88. The molecule has 1 amide bonds. The molecular weight excluding hydrogens is 272 g/mol. The van der Waals surface area contributed by atoms with Crippen molar-refractivity contribution in [3.8, 4) is 0 Å². The molecule has 0 bridgehead atoms. The Hall–Kier alpha value is -2.18. The molecule has 0 unspecified atom stereocenters. The molecule has 0 spiro atoms. The molecular formula is C14H22N4O3. The van der Waals surface area contributed by atoms with Crippen molar-refractivity contribution in [2.45, 2.75) is 46.2 Å². The van der Waals surface area contributed by atoms with E-state index in [9.17, 15) is 9.59 Å². The summed E-state index contributed by atoms with van der Waals surface area (Å²) in [6, 6.07) is 0.151. The van der Waals surface area contributed by atoms with E-state index in [2.05, 4.69) is 22.2 Å². The third kappa shape index (κ3) is 4.70. The molecule has 0 fully saturated rings.